The molecular formula is C34H43N11O6. The quantitative estimate of drug-likeness (QED) is 0.0350. The number of phenolic OH excluding ortho intramolecular Hbond substituents is 1. The summed E-state index contributed by atoms with van der Waals surface area (Å²) in [4.78, 5) is 79.7. The molecule has 0 spiro atoms. The van der Waals surface area contributed by atoms with E-state index in [0.717, 1.165) is 16.5 Å². The lowest BCUT2D eigenvalue weighted by molar-refractivity contribution is -0.134. The van der Waals surface area contributed by atoms with Crippen LogP contribution in [0.1, 0.15) is 36.6 Å². The summed E-state index contributed by atoms with van der Waals surface area (Å²) in [6.07, 6.45) is 5.09. The fourth-order valence-electron chi connectivity index (χ4n) is 5.48. The Morgan fingerprint density at radius 3 is 2.10 bits per heavy atom. The molecule has 4 aromatic rings. The fourth-order valence-corrected chi connectivity index (χ4v) is 5.48. The number of aromatic amines is 2. The van der Waals surface area contributed by atoms with Crippen molar-refractivity contribution in [2.24, 2.45) is 22.2 Å². The number of nitrogens with one attached hydrogen (secondary N) is 6. The molecule has 2 aromatic carbocycles. The minimum Gasteiger partial charge on any atom is -0.508 e. The van der Waals surface area contributed by atoms with E-state index in [0.29, 0.717) is 11.3 Å². The van der Waals surface area contributed by atoms with E-state index in [1.165, 1.54) is 31.6 Å². The molecule has 4 atom stereocenters. The van der Waals surface area contributed by atoms with Crippen molar-refractivity contribution in [1.82, 2.24) is 36.2 Å². The lowest BCUT2D eigenvalue weighted by atomic mass is 10.0. The number of phenols is 1. The molecule has 0 saturated carbocycles. The summed E-state index contributed by atoms with van der Waals surface area (Å²) in [6, 6.07) is 8.86. The minimum absolute atomic E-state index is 0.00298. The highest BCUT2D eigenvalue weighted by molar-refractivity contribution is 5.96. The largest absolute Gasteiger partial charge is 0.508 e. The fraction of sp³-hybridized carbons (Fsp3) is 0.324. The summed E-state index contributed by atoms with van der Waals surface area (Å²) in [6.45, 7) is 1.41. The number of hydrogen-bond donors (Lipinski definition) is 10. The van der Waals surface area contributed by atoms with Crippen LogP contribution in [0.3, 0.4) is 0 Å². The summed E-state index contributed by atoms with van der Waals surface area (Å²) in [7, 11) is 0. The second-order valence-corrected chi connectivity index (χ2v) is 12.0. The summed E-state index contributed by atoms with van der Waals surface area (Å²) < 4.78 is 0. The lowest BCUT2D eigenvalue weighted by Crippen LogP contribution is -2.59. The monoisotopic (exact) mass is 701 g/mol. The Hall–Kier alpha value is -6.39. The number of primary amides is 1. The topological polar surface area (TPSA) is 289 Å². The number of nitrogens with two attached hydrogens (primary N) is 3. The van der Waals surface area contributed by atoms with Crippen LogP contribution in [0.15, 0.2) is 72.2 Å². The first-order chi connectivity index (χ1) is 24.4. The highest BCUT2D eigenvalue weighted by Crippen LogP contribution is 2.19. The third-order valence-corrected chi connectivity index (χ3v) is 8.02. The van der Waals surface area contributed by atoms with Crippen LogP contribution < -0.4 is 38.5 Å². The number of aromatic hydroxyl groups is 1. The van der Waals surface area contributed by atoms with Gasteiger partial charge in [-0.05, 0) is 42.2 Å². The normalized spacial score (nSPS) is 13.3. The predicted octanol–water partition coefficient (Wildman–Crippen LogP) is -0.877. The van der Waals surface area contributed by atoms with Crippen molar-refractivity contribution >= 4 is 46.4 Å². The second kappa shape index (κ2) is 17.8. The van der Waals surface area contributed by atoms with Gasteiger partial charge < -0.3 is 53.5 Å². The smallest absolute Gasteiger partial charge is 0.243 e. The molecule has 0 unspecified atom stereocenters. The van der Waals surface area contributed by atoms with Gasteiger partial charge in [0.15, 0.2) is 5.96 Å². The Kier molecular flexibility index (Phi) is 13.1. The van der Waals surface area contributed by atoms with Crippen molar-refractivity contribution in [2.75, 3.05) is 6.54 Å². The molecule has 0 aliphatic carbocycles. The van der Waals surface area contributed by atoms with Gasteiger partial charge in [0.25, 0.3) is 0 Å². The first kappa shape index (κ1) is 37.4. The van der Waals surface area contributed by atoms with Crippen LogP contribution in [0.4, 0.5) is 0 Å². The van der Waals surface area contributed by atoms with E-state index in [4.69, 9.17) is 17.2 Å². The number of hydrogen-bond acceptors (Lipinski definition) is 8. The number of aliphatic imine (C=N–C) groups is 1. The van der Waals surface area contributed by atoms with Gasteiger partial charge in [-0.15, -0.1) is 0 Å². The van der Waals surface area contributed by atoms with Gasteiger partial charge in [-0.3, -0.25) is 29.0 Å². The van der Waals surface area contributed by atoms with Crippen LogP contribution >= 0.6 is 0 Å². The number of carbonyl (C=O) groups excluding carboxylic acids is 5. The lowest BCUT2D eigenvalue weighted by Gasteiger charge is -2.26. The van der Waals surface area contributed by atoms with Gasteiger partial charge in [0.1, 0.15) is 29.9 Å². The molecule has 0 aliphatic rings. The van der Waals surface area contributed by atoms with Gasteiger partial charge >= 0.3 is 0 Å². The van der Waals surface area contributed by atoms with E-state index < -0.39 is 53.7 Å². The number of fused-ring (bicyclic) bond motifs is 1. The van der Waals surface area contributed by atoms with Crippen molar-refractivity contribution in [3.8, 4) is 5.75 Å². The van der Waals surface area contributed by atoms with Crippen molar-refractivity contribution in [2.45, 2.75) is 63.2 Å². The Morgan fingerprint density at radius 2 is 1.45 bits per heavy atom. The van der Waals surface area contributed by atoms with Gasteiger partial charge in [0.05, 0.1) is 6.33 Å². The van der Waals surface area contributed by atoms with Crippen molar-refractivity contribution in [3.05, 3.63) is 84.1 Å². The van der Waals surface area contributed by atoms with Gasteiger partial charge in [0.2, 0.25) is 29.5 Å². The number of para-hydroxylation sites is 1. The number of guanidine groups is 1. The minimum atomic E-state index is -1.24. The van der Waals surface area contributed by atoms with E-state index in [2.05, 4.69) is 41.2 Å². The number of rotatable bonds is 18. The maximum Gasteiger partial charge on any atom is 0.243 e. The molecule has 0 bridgehead atoms. The highest BCUT2D eigenvalue weighted by Gasteiger charge is 2.31. The third kappa shape index (κ3) is 11.3. The van der Waals surface area contributed by atoms with E-state index in [1.54, 1.807) is 18.3 Å². The Morgan fingerprint density at radius 1 is 0.804 bits per heavy atom. The maximum atomic E-state index is 14.0. The number of benzene rings is 2. The van der Waals surface area contributed by atoms with Gasteiger partial charge in [-0.2, -0.15) is 0 Å². The zero-order chi connectivity index (χ0) is 36.9. The van der Waals surface area contributed by atoms with Crippen LogP contribution in [0.25, 0.3) is 10.9 Å². The first-order valence-corrected chi connectivity index (χ1v) is 16.2. The number of amides is 5. The van der Waals surface area contributed by atoms with E-state index in [-0.39, 0.29) is 50.4 Å². The molecule has 2 heterocycles. The average Bonchev–Trinajstić information content (AvgIpc) is 3.75. The molecule has 13 N–H and O–H groups in total. The first-order valence-electron chi connectivity index (χ1n) is 16.2. The second-order valence-electron chi connectivity index (χ2n) is 12.0. The van der Waals surface area contributed by atoms with Crippen LogP contribution in [0, 0.1) is 0 Å². The zero-order valence-corrected chi connectivity index (χ0v) is 28.0. The number of aromatic nitrogens is 3. The number of nitrogens with zero attached hydrogens (tertiary/aromatic N) is 2. The molecule has 17 nitrogen and oxygen atoms in total. The molecule has 0 radical (unpaired) electrons. The third-order valence-electron chi connectivity index (χ3n) is 8.02. The van der Waals surface area contributed by atoms with Crippen molar-refractivity contribution < 1.29 is 29.1 Å². The Balaban J connectivity index is 1.57. The maximum absolute atomic E-state index is 14.0. The number of imidazole rings is 1. The molecule has 5 amide bonds. The van der Waals surface area contributed by atoms with Crippen LogP contribution in [-0.4, -0.2) is 86.3 Å². The van der Waals surface area contributed by atoms with Gasteiger partial charge in [-0.25, -0.2) is 4.98 Å². The highest BCUT2D eigenvalue weighted by atomic mass is 16.3. The summed E-state index contributed by atoms with van der Waals surface area (Å²) in [5.74, 6) is -3.48. The van der Waals surface area contributed by atoms with E-state index in [9.17, 15) is 29.1 Å². The number of H-pyrrole nitrogens is 2. The standard InChI is InChI=1S/C34H43N11O6/c1-19(46)42-29(15-22-17-38-18-41-22)33(51)45-28(13-20-8-10-23(47)11-9-20)32(50)43-26(7-4-12-39-34(36)37)31(49)44-27(30(35)48)14-21-16-40-25-6-3-2-5-24(21)25/h2-3,5-6,8-11,16-18,26-29,40,47H,4,7,12-15H2,1H3,(H2,35,48)(H,38,41)(H,42,46)(H,43,50)(H,44,49)(H,45,51)(H4,36,37,39)/t26-,27-,28+,29-/m0/s1. The van der Waals surface area contributed by atoms with Crippen molar-refractivity contribution in [3.63, 3.8) is 0 Å². The molecule has 51 heavy (non-hydrogen) atoms. The molecular weight excluding hydrogens is 658 g/mol. The SMILES string of the molecule is CC(=O)N[C@@H](Cc1cnc[nH]1)C(=O)N[C@H](Cc1ccc(O)cc1)C(=O)N[C@@H](CCCN=C(N)N)C(=O)N[C@@H](Cc1c[nH]c2ccccc12)C(N)=O. The van der Waals surface area contributed by atoms with Crippen LogP contribution in [0.2, 0.25) is 0 Å². The van der Waals surface area contributed by atoms with Crippen molar-refractivity contribution in [1.29, 1.82) is 0 Å². The van der Waals surface area contributed by atoms with E-state index in [1.807, 2.05) is 24.3 Å². The molecule has 0 fully saturated rings. The zero-order valence-electron chi connectivity index (χ0n) is 28.0. The molecule has 2 aromatic heterocycles. The molecule has 17 heteroatoms. The van der Waals surface area contributed by atoms with Crippen LogP contribution in [0.5, 0.6) is 5.75 Å². The predicted molar refractivity (Wildman–Crippen MR) is 189 cm³/mol. The average molecular weight is 702 g/mol. The molecule has 0 saturated heterocycles. The van der Waals surface area contributed by atoms with Gasteiger partial charge in [0, 0.05) is 61.7 Å². The molecule has 4 rings (SSSR count). The molecule has 270 valence electrons. The summed E-state index contributed by atoms with van der Waals surface area (Å²) in [5.41, 5.74) is 19.4. The van der Waals surface area contributed by atoms with Crippen LogP contribution in [-0.2, 0) is 43.2 Å². The number of carbonyl (C=O) groups is 5. The van der Waals surface area contributed by atoms with E-state index >= 15 is 0 Å². The van der Waals surface area contributed by atoms with Gasteiger partial charge in [-0.1, -0.05) is 30.3 Å². The summed E-state index contributed by atoms with van der Waals surface area (Å²) in [5, 5.41) is 21.3. The Bertz CT molecular complexity index is 1830. The summed E-state index contributed by atoms with van der Waals surface area (Å²) >= 11 is 0. The molecule has 0 aliphatic heterocycles. The Labute approximate surface area is 293 Å².